The Morgan fingerprint density at radius 3 is 2.03 bits per heavy atom. The van der Waals surface area contributed by atoms with Gasteiger partial charge in [-0.25, -0.2) is 9.67 Å². The lowest BCUT2D eigenvalue weighted by molar-refractivity contribution is 0.630. The van der Waals surface area contributed by atoms with Crippen molar-refractivity contribution in [2.45, 2.75) is 13.8 Å². The normalized spacial score (nSPS) is 11.8. The minimum Gasteiger partial charge on any atom is -0.285 e. The van der Waals surface area contributed by atoms with Crippen molar-refractivity contribution in [2.75, 3.05) is 0 Å². The van der Waals surface area contributed by atoms with E-state index in [9.17, 15) is 4.79 Å². The van der Waals surface area contributed by atoms with Crippen molar-refractivity contribution in [3.05, 3.63) is 117 Å². The van der Waals surface area contributed by atoms with Gasteiger partial charge in [-0.05, 0) is 43.7 Å². The van der Waals surface area contributed by atoms with E-state index in [0.29, 0.717) is 5.69 Å². The van der Waals surface area contributed by atoms with Crippen LogP contribution in [0.25, 0.3) is 22.6 Å². The standard InChI is InChI=1S/C27H24N4OS/c1-19-14-16-21(17-15-19)24-18-33-27(30(24)22-10-6-4-7-11-22)28-25-20(2)29(3)31(26(25)32)23-12-8-5-9-13-23/h4-18H,1-3H3. The van der Waals surface area contributed by atoms with Crippen molar-refractivity contribution in [2.24, 2.45) is 12.0 Å². The van der Waals surface area contributed by atoms with Gasteiger partial charge in [-0.15, -0.1) is 11.3 Å². The van der Waals surface area contributed by atoms with E-state index in [-0.39, 0.29) is 5.56 Å². The Morgan fingerprint density at radius 1 is 0.788 bits per heavy atom. The Kier molecular flexibility index (Phi) is 5.44. The zero-order valence-electron chi connectivity index (χ0n) is 18.8. The smallest absolute Gasteiger partial charge is 0.285 e. The molecule has 5 rings (SSSR count). The largest absolute Gasteiger partial charge is 0.297 e. The summed E-state index contributed by atoms with van der Waals surface area (Å²) in [5, 5.41) is 2.10. The molecule has 6 heteroatoms. The number of hydrogen-bond acceptors (Lipinski definition) is 3. The highest BCUT2D eigenvalue weighted by Gasteiger charge is 2.17. The van der Waals surface area contributed by atoms with E-state index < -0.39 is 0 Å². The van der Waals surface area contributed by atoms with Crippen molar-refractivity contribution in [3.8, 4) is 22.6 Å². The summed E-state index contributed by atoms with van der Waals surface area (Å²) in [5.41, 5.74) is 6.31. The lowest BCUT2D eigenvalue weighted by Crippen LogP contribution is -2.20. The molecule has 2 heterocycles. The predicted octanol–water partition coefficient (Wildman–Crippen LogP) is 5.54. The number of para-hydroxylation sites is 2. The van der Waals surface area contributed by atoms with Gasteiger partial charge in [0.25, 0.3) is 5.56 Å². The molecule has 0 N–H and O–H groups in total. The monoisotopic (exact) mass is 452 g/mol. The number of rotatable bonds is 4. The van der Waals surface area contributed by atoms with Crippen LogP contribution in [0.15, 0.2) is 100 Å². The van der Waals surface area contributed by atoms with Gasteiger partial charge in [-0.1, -0.05) is 66.2 Å². The van der Waals surface area contributed by atoms with Crippen LogP contribution in [0.2, 0.25) is 0 Å². The molecule has 0 saturated heterocycles. The minimum atomic E-state index is -0.133. The quantitative estimate of drug-likeness (QED) is 0.353. The molecule has 3 aromatic carbocycles. The van der Waals surface area contributed by atoms with Crippen molar-refractivity contribution < 1.29 is 0 Å². The van der Waals surface area contributed by atoms with Gasteiger partial charge in [-0.2, -0.15) is 0 Å². The van der Waals surface area contributed by atoms with Crippen LogP contribution in [-0.2, 0) is 7.05 Å². The summed E-state index contributed by atoms with van der Waals surface area (Å²) < 4.78 is 5.64. The average molecular weight is 453 g/mol. The fraction of sp³-hybridized carbons (Fsp3) is 0.111. The molecule has 0 radical (unpaired) electrons. The molecule has 0 unspecified atom stereocenters. The molecular weight excluding hydrogens is 428 g/mol. The summed E-state index contributed by atoms with van der Waals surface area (Å²) in [7, 11) is 1.89. The molecule has 5 aromatic rings. The summed E-state index contributed by atoms with van der Waals surface area (Å²) in [4.78, 5) is 19.1. The molecule has 0 saturated carbocycles. The molecule has 0 spiro atoms. The van der Waals surface area contributed by atoms with E-state index in [1.807, 2.05) is 67.2 Å². The second-order valence-electron chi connectivity index (χ2n) is 7.96. The highest BCUT2D eigenvalue weighted by atomic mass is 32.1. The highest BCUT2D eigenvalue weighted by molar-refractivity contribution is 7.07. The van der Waals surface area contributed by atoms with Crippen molar-refractivity contribution in [1.29, 1.82) is 0 Å². The molecule has 164 valence electrons. The third-order valence-corrected chi connectivity index (χ3v) is 6.63. The van der Waals surface area contributed by atoms with E-state index in [2.05, 4.69) is 53.3 Å². The van der Waals surface area contributed by atoms with E-state index in [0.717, 1.165) is 33.1 Å². The molecule has 0 amide bonds. The zero-order valence-corrected chi connectivity index (χ0v) is 19.6. The second kappa shape index (κ2) is 8.56. The Labute approximate surface area is 196 Å². The van der Waals surface area contributed by atoms with Gasteiger partial charge in [0.15, 0.2) is 10.5 Å². The number of benzene rings is 3. The Balaban J connectivity index is 1.75. The summed E-state index contributed by atoms with van der Waals surface area (Å²) in [6.45, 7) is 4.01. The van der Waals surface area contributed by atoms with Gasteiger partial charge >= 0.3 is 0 Å². The molecule has 33 heavy (non-hydrogen) atoms. The molecule has 0 atom stereocenters. The summed E-state index contributed by atoms with van der Waals surface area (Å²) in [5.74, 6) is 0. The lowest BCUT2D eigenvalue weighted by atomic mass is 10.1. The maximum atomic E-state index is 13.4. The highest BCUT2D eigenvalue weighted by Crippen LogP contribution is 2.25. The van der Waals surface area contributed by atoms with E-state index in [1.54, 1.807) is 4.68 Å². The first-order valence-electron chi connectivity index (χ1n) is 10.8. The van der Waals surface area contributed by atoms with Crippen LogP contribution in [0.5, 0.6) is 0 Å². The van der Waals surface area contributed by atoms with Crippen LogP contribution < -0.4 is 10.4 Å². The first-order chi connectivity index (χ1) is 16.0. The molecule has 5 nitrogen and oxygen atoms in total. The Bertz CT molecular complexity index is 1540. The SMILES string of the molecule is Cc1ccc(-c2csc(=Nc3c(C)n(C)n(-c4ccccc4)c3=O)n2-c2ccccc2)cc1. The van der Waals surface area contributed by atoms with Gasteiger partial charge in [0.2, 0.25) is 0 Å². The van der Waals surface area contributed by atoms with Gasteiger partial charge in [0, 0.05) is 18.1 Å². The maximum Gasteiger partial charge on any atom is 0.297 e. The van der Waals surface area contributed by atoms with Crippen LogP contribution in [0.1, 0.15) is 11.3 Å². The lowest BCUT2D eigenvalue weighted by Gasteiger charge is -2.09. The van der Waals surface area contributed by atoms with Crippen LogP contribution >= 0.6 is 11.3 Å². The van der Waals surface area contributed by atoms with Crippen LogP contribution in [0.4, 0.5) is 5.69 Å². The zero-order chi connectivity index (χ0) is 22.9. The number of hydrogen-bond donors (Lipinski definition) is 0. The topological polar surface area (TPSA) is 44.2 Å². The summed E-state index contributed by atoms with van der Waals surface area (Å²) in [6, 6.07) is 28.3. The molecular formula is C27H24N4OS. The van der Waals surface area contributed by atoms with Crippen molar-refractivity contribution in [3.63, 3.8) is 0 Å². The molecule has 0 aliphatic heterocycles. The van der Waals surface area contributed by atoms with Crippen LogP contribution in [0.3, 0.4) is 0 Å². The first-order valence-corrected chi connectivity index (χ1v) is 11.6. The molecule has 0 aliphatic rings. The van der Waals surface area contributed by atoms with Crippen molar-refractivity contribution in [1.82, 2.24) is 13.9 Å². The van der Waals surface area contributed by atoms with Crippen LogP contribution in [0, 0.1) is 13.8 Å². The average Bonchev–Trinajstić information content (AvgIpc) is 3.35. The van der Waals surface area contributed by atoms with E-state index >= 15 is 0 Å². The summed E-state index contributed by atoms with van der Waals surface area (Å²) in [6.07, 6.45) is 0. The summed E-state index contributed by atoms with van der Waals surface area (Å²) >= 11 is 1.53. The Hall–Kier alpha value is -3.90. The van der Waals surface area contributed by atoms with Gasteiger partial charge in [-0.3, -0.25) is 14.0 Å². The fourth-order valence-electron chi connectivity index (χ4n) is 3.92. The first kappa shape index (κ1) is 21.0. The second-order valence-corrected chi connectivity index (χ2v) is 8.80. The maximum absolute atomic E-state index is 13.4. The van der Waals surface area contributed by atoms with E-state index in [1.165, 1.54) is 16.9 Å². The Morgan fingerprint density at radius 2 is 1.39 bits per heavy atom. The predicted molar refractivity (Wildman–Crippen MR) is 135 cm³/mol. The van der Waals surface area contributed by atoms with Crippen molar-refractivity contribution >= 4 is 17.0 Å². The molecule has 0 fully saturated rings. The van der Waals surface area contributed by atoms with Gasteiger partial charge < -0.3 is 0 Å². The van der Waals surface area contributed by atoms with Gasteiger partial charge in [0.1, 0.15) is 0 Å². The molecule has 2 aromatic heterocycles. The number of thiazole rings is 1. The van der Waals surface area contributed by atoms with Gasteiger partial charge in [0.05, 0.1) is 17.1 Å². The van der Waals surface area contributed by atoms with Crippen LogP contribution in [-0.4, -0.2) is 13.9 Å². The fourth-order valence-corrected chi connectivity index (χ4v) is 4.83. The number of aryl methyl sites for hydroxylation is 1. The number of nitrogens with zero attached hydrogens (tertiary/aromatic N) is 4. The molecule has 0 aliphatic carbocycles. The molecule has 0 bridgehead atoms. The minimum absolute atomic E-state index is 0.133. The third-order valence-electron chi connectivity index (χ3n) is 5.80. The third kappa shape index (κ3) is 3.79. The number of aromatic nitrogens is 3. The van der Waals surface area contributed by atoms with E-state index in [4.69, 9.17) is 4.99 Å².